The minimum Gasteiger partial charge on any atom is -0.462 e. The summed E-state index contributed by atoms with van der Waals surface area (Å²) >= 11 is 0. The molecule has 0 heterocycles. The van der Waals surface area contributed by atoms with Gasteiger partial charge in [0.05, 0.1) is 0 Å². The molecular formula is C58H98O6. The first-order valence-electron chi connectivity index (χ1n) is 26.6. The van der Waals surface area contributed by atoms with E-state index < -0.39 is 12.1 Å². The van der Waals surface area contributed by atoms with E-state index >= 15 is 0 Å². The van der Waals surface area contributed by atoms with Gasteiger partial charge in [0.25, 0.3) is 0 Å². The SMILES string of the molecule is CC/C=C\C/C=C\C/C=C\C/C=C\CCC(=O)OC(COC(=O)CCCCCCC/C=C\CCC)COC(=O)CCCCCCCCCCCCC/C=C\C/C=C\CCCCCCC. The van der Waals surface area contributed by atoms with E-state index in [2.05, 4.69) is 93.7 Å². The van der Waals surface area contributed by atoms with Crippen LogP contribution in [-0.4, -0.2) is 37.2 Å². The lowest BCUT2D eigenvalue weighted by Crippen LogP contribution is -2.30. The Morgan fingerprint density at radius 2 is 0.672 bits per heavy atom. The summed E-state index contributed by atoms with van der Waals surface area (Å²) < 4.78 is 16.7. The molecule has 0 aliphatic carbocycles. The Labute approximate surface area is 395 Å². The van der Waals surface area contributed by atoms with Crippen molar-refractivity contribution in [1.82, 2.24) is 0 Å². The van der Waals surface area contributed by atoms with Crippen molar-refractivity contribution in [3.8, 4) is 0 Å². The highest BCUT2D eigenvalue weighted by molar-refractivity contribution is 5.71. The summed E-state index contributed by atoms with van der Waals surface area (Å²) in [5.74, 6) is -1.01. The third kappa shape index (κ3) is 49.6. The average molecular weight is 891 g/mol. The van der Waals surface area contributed by atoms with Crippen molar-refractivity contribution in [3.63, 3.8) is 0 Å². The summed E-state index contributed by atoms with van der Waals surface area (Å²) in [6.07, 6.45) is 67.4. The quantitative estimate of drug-likeness (QED) is 0.0262. The highest BCUT2D eigenvalue weighted by atomic mass is 16.6. The smallest absolute Gasteiger partial charge is 0.306 e. The zero-order valence-corrected chi connectivity index (χ0v) is 41.8. The lowest BCUT2D eigenvalue weighted by Gasteiger charge is -2.18. The van der Waals surface area contributed by atoms with Gasteiger partial charge in [0.1, 0.15) is 13.2 Å². The fourth-order valence-electron chi connectivity index (χ4n) is 7.14. The molecule has 0 saturated heterocycles. The van der Waals surface area contributed by atoms with Gasteiger partial charge in [0.2, 0.25) is 0 Å². The van der Waals surface area contributed by atoms with Gasteiger partial charge in [-0.05, 0) is 96.3 Å². The van der Waals surface area contributed by atoms with Crippen LogP contribution in [-0.2, 0) is 28.6 Å². The number of ether oxygens (including phenoxy) is 3. The molecule has 0 aromatic rings. The molecule has 6 heteroatoms. The molecule has 0 fully saturated rings. The van der Waals surface area contributed by atoms with Crippen LogP contribution in [0.25, 0.3) is 0 Å². The van der Waals surface area contributed by atoms with E-state index in [1.807, 2.05) is 12.2 Å². The summed E-state index contributed by atoms with van der Waals surface area (Å²) in [5, 5.41) is 0. The van der Waals surface area contributed by atoms with Crippen LogP contribution in [0.15, 0.2) is 85.1 Å². The number of carbonyl (C=O) groups excluding carboxylic acids is 3. The number of hydrogen-bond acceptors (Lipinski definition) is 6. The van der Waals surface area contributed by atoms with Gasteiger partial charge in [-0.15, -0.1) is 0 Å². The Morgan fingerprint density at radius 3 is 1.09 bits per heavy atom. The highest BCUT2D eigenvalue weighted by Crippen LogP contribution is 2.14. The first kappa shape index (κ1) is 60.6. The van der Waals surface area contributed by atoms with Gasteiger partial charge < -0.3 is 14.2 Å². The topological polar surface area (TPSA) is 78.9 Å². The van der Waals surface area contributed by atoms with Gasteiger partial charge in [-0.2, -0.15) is 0 Å². The lowest BCUT2D eigenvalue weighted by molar-refractivity contribution is -0.166. The van der Waals surface area contributed by atoms with E-state index in [1.165, 1.54) is 109 Å². The molecule has 0 rings (SSSR count). The van der Waals surface area contributed by atoms with E-state index in [0.717, 1.165) is 89.9 Å². The molecule has 0 bridgehead atoms. The van der Waals surface area contributed by atoms with E-state index in [4.69, 9.17) is 14.2 Å². The van der Waals surface area contributed by atoms with Crippen LogP contribution in [0.3, 0.4) is 0 Å². The van der Waals surface area contributed by atoms with E-state index in [0.29, 0.717) is 19.3 Å². The summed E-state index contributed by atoms with van der Waals surface area (Å²) in [5.41, 5.74) is 0. The van der Waals surface area contributed by atoms with Crippen molar-refractivity contribution in [1.29, 1.82) is 0 Å². The number of esters is 3. The van der Waals surface area contributed by atoms with Crippen LogP contribution in [0.5, 0.6) is 0 Å². The predicted octanol–water partition coefficient (Wildman–Crippen LogP) is 17.6. The molecule has 0 radical (unpaired) electrons. The molecule has 1 unspecified atom stereocenters. The molecule has 64 heavy (non-hydrogen) atoms. The molecule has 0 aliphatic heterocycles. The zero-order valence-electron chi connectivity index (χ0n) is 41.8. The molecule has 0 spiro atoms. The Hall–Kier alpha value is -3.41. The van der Waals surface area contributed by atoms with Crippen molar-refractivity contribution in [3.05, 3.63) is 85.1 Å². The second-order valence-corrected chi connectivity index (χ2v) is 17.4. The van der Waals surface area contributed by atoms with Crippen molar-refractivity contribution >= 4 is 17.9 Å². The third-order valence-corrected chi connectivity index (χ3v) is 11.1. The maximum absolute atomic E-state index is 12.7. The first-order chi connectivity index (χ1) is 31.5. The van der Waals surface area contributed by atoms with Crippen LogP contribution in [0.4, 0.5) is 0 Å². The molecule has 0 N–H and O–H groups in total. The minimum absolute atomic E-state index is 0.109. The van der Waals surface area contributed by atoms with Crippen molar-refractivity contribution in [2.24, 2.45) is 0 Å². The molecular weight excluding hydrogens is 793 g/mol. The Morgan fingerprint density at radius 1 is 0.328 bits per heavy atom. The monoisotopic (exact) mass is 891 g/mol. The van der Waals surface area contributed by atoms with Gasteiger partial charge in [0.15, 0.2) is 6.10 Å². The van der Waals surface area contributed by atoms with Crippen LogP contribution >= 0.6 is 0 Å². The fraction of sp³-hybridized carbons (Fsp3) is 0.707. The second-order valence-electron chi connectivity index (χ2n) is 17.4. The highest BCUT2D eigenvalue weighted by Gasteiger charge is 2.19. The summed E-state index contributed by atoms with van der Waals surface area (Å²) in [4.78, 5) is 37.9. The number of unbranched alkanes of at least 4 members (excludes halogenated alkanes) is 22. The van der Waals surface area contributed by atoms with Crippen LogP contribution in [0.2, 0.25) is 0 Å². The predicted molar refractivity (Wildman–Crippen MR) is 274 cm³/mol. The molecule has 0 saturated carbocycles. The molecule has 6 nitrogen and oxygen atoms in total. The maximum Gasteiger partial charge on any atom is 0.306 e. The van der Waals surface area contributed by atoms with E-state index in [9.17, 15) is 14.4 Å². The average Bonchev–Trinajstić information content (AvgIpc) is 3.29. The standard InChI is InChI=1S/C58H98O6/c1-4-7-10-13-16-19-22-24-25-26-27-28-29-30-31-32-33-35-36-39-42-45-48-51-57(60)63-54-55(53-62-56(59)50-47-44-41-38-21-18-15-12-9-6-3)64-58(61)52-49-46-43-40-37-34-23-20-17-14-11-8-5-2/h8,11-12,15,17,20,22,24,26-27,34,37,43,46,55H,4-7,9-10,13-14,16,18-19,21,23,25,28-33,35-36,38-42,44-45,47-54H2,1-3H3/b11-8-,15-12-,20-17-,24-22-,27-26-,37-34-,46-43-. The number of carbonyl (C=O) groups is 3. The Balaban J connectivity index is 4.32. The summed E-state index contributed by atoms with van der Waals surface area (Å²) in [6, 6.07) is 0. The normalized spacial score (nSPS) is 12.7. The van der Waals surface area contributed by atoms with Crippen molar-refractivity contribution in [2.75, 3.05) is 13.2 Å². The zero-order chi connectivity index (χ0) is 46.5. The van der Waals surface area contributed by atoms with Crippen molar-refractivity contribution in [2.45, 2.75) is 252 Å². The molecule has 0 aromatic carbocycles. The number of hydrogen-bond donors (Lipinski definition) is 0. The largest absolute Gasteiger partial charge is 0.462 e. The molecule has 0 amide bonds. The van der Waals surface area contributed by atoms with Crippen LogP contribution < -0.4 is 0 Å². The Kier molecular flexibility index (Phi) is 49.4. The number of allylic oxidation sites excluding steroid dienone is 14. The number of rotatable bonds is 47. The van der Waals surface area contributed by atoms with E-state index in [-0.39, 0.29) is 31.6 Å². The maximum atomic E-state index is 12.7. The molecule has 0 aromatic heterocycles. The molecule has 1 atom stereocenters. The van der Waals surface area contributed by atoms with Crippen molar-refractivity contribution < 1.29 is 28.6 Å². The fourth-order valence-corrected chi connectivity index (χ4v) is 7.14. The van der Waals surface area contributed by atoms with Crippen LogP contribution in [0, 0.1) is 0 Å². The Bertz CT molecular complexity index is 1250. The molecule has 366 valence electrons. The summed E-state index contributed by atoms with van der Waals surface area (Å²) in [6.45, 7) is 6.38. The minimum atomic E-state index is -0.817. The second kappa shape index (κ2) is 52.2. The van der Waals surface area contributed by atoms with Gasteiger partial charge in [0, 0.05) is 19.3 Å². The van der Waals surface area contributed by atoms with Gasteiger partial charge in [-0.25, -0.2) is 0 Å². The lowest BCUT2D eigenvalue weighted by atomic mass is 10.0. The van der Waals surface area contributed by atoms with E-state index in [1.54, 1.807) is 0 Å². The van der Waals surface area contributed by atoms with Gasteiger partial charge in [-0.1, -0.05) is 215 Å². The molecule has 0 aliphatic rings. The van der Waals surface area contributed by atoms with Gasteiger partial charge >= 0.3 is 17.9 Å². The third-order valence-electron chi connectivity index (χ3n) is 11.1. The summed E-state index contributed by atoms with van der Waals surface area (Å²) in [7, 11) is 0. The van der Waals surface area contributed by atoms with Crippen LogP contribution in [0.1, 0.15) is 245 Å². The van der Waals surface area contributed by atoms with Gasteiger partial charge in [-0.3, -0.25) is 14.4 Å². The first-order valence-corrected chi connectivity index (χ1v) is 26.6.